The van der Waals surface area contributed by atoms with Crippen LogP contribution in [0.1, 0.15) is 15.2 Å². The number of hydroxylamine groups is 2. The van der Waals surface area contributed by atoms with Gasteiger partial charge >= 0.3 is 6.03 Å². The van der Waals surface area contributed by atoms with Crippen molar-refractivity contribution < 1.29 is 19.2 Å². The molecule has 4 aromatic rings. The number of ether oxygens (including phenoxy) is 1. The zero-order chi connectivity index (χ0) is 23.1. The molecule has 0 bridgehead atoms. The third-order valence-corrected chi connectivity index (χ3v) is 6.47. The van der Waals surface area contributed by atoms with Crippen LogP contribution in [0.3, 0.4) is 0 Å². The molecule has 0 radical (unpaired) electrons. The van der Waals surface area contributed by atoms with E-state index < -0.39 is 0 Å². The molecule has 8 nitrogen and oxygen atoms in total. The second-order valence-corrected chi connectivity index (χ2v) is 8.43. The van der Waals surface area contributed by atoms with Crippen molar-refractivity contribution in [3.05, 3.63) is 71.2 Å². The van der Waals surface area contributed by atoms with Gasteiger partial charge in [-0.05, 0) is 48.9 Å². The molecule has 1 aliphatic rings. The molecule has 33 heavy (non-hydrogen) atoms. The lowest BCUT2D eigenvalue weighted by Crippen LogP contribution is -2.35. The summed E-state index contributed by atoms with van der Waals surface area (Å²) in [6.45, 7) is 1.92. The molecule has 0 fully saturated rings. The lowest BCUT2D eigenvalue weighted by atomic mass is 10.1. The van der Waals surface area contributed by atoms with E-state index in [4.69, 9.17) is 9.57 Å². The summed E-state index contributed by atoms with van der Waals surface area (Å²) >= 11 is 1.22. The fraction of sp³-hybridized carbons (Fsp3) is 0.125. The monoisotopic (exact) mass is 460 g/mol. The number of hydrogen-bond donors (Lipinski definition) is 1. The van der Waals surface area contributed by atoms with Crippen molar-refractivity contribution in [2.45, 2.75) is 6.92 Å². The van der Waals surface area contributed by atoms with Gasteiger partial charge in [-0.2, -0.15) is 0 Å². The highest BCUT2D eigenvalue weighted by molar-refractivity contribution is 7.21. The molecule has 0 saturated carbocycles. The van der Waals surface area contributed by atoms with Gasteiger partial charge in [0.15, 0.2) is 0 Å². The quantitative estimate of drug-likeness (QED) is 0.386. The van der Waals surface area contributed by atoms with Crippen molar-refractivity contribution in [3.63, 3.8) is 0 Å². The molecule has 9 heteroatoms. The lowest BCUT2D eigenvalue weighted by Gasteiger charge is -2.29. The number of hydrogen-bond acceptors (Lipinski definition) is 6. The maximum atomic E-state index is 13.2. The molecule has 0 unspecified atom stereocenters. The molecule has 2 aromatic heterocycles. The zero-order valence-electron chi connectivity index (χ0n) is 18.2. The van der Waals surface area contributed by atoms with E-state index >= 15 is 0 Å². The van der Waals surface area contributed by atoms with Crippen molar-refractivity contribution in [1.29, 1.82) is 0 Å². The Kier molecular flexibility index (Phi) is 5.20. The predicted molar refractivity (Wildman–Crippen MR) is 128 cm³/mol. The fourth-order valence-corrected chi connectivity index (χ4v) is 4.85. The first-order valence-electron chi connectivity index (χ1n) is 10.2. The summed E-state index contributed by atoms with van der Waals surface area (Å²) in [6.07, 6.45) is 1.64. The highest BCUT2D eigenvalue weighted by Crippen LogP contribution is 2.46. The number of carbonyl (C=O) groups is 2. The van der Waals surface area contributed by atoms with Crippen LogP contribution < -0.4 is 15.0 Å². The van der Waals surface area contributed by atoms with Crippen LogP contribution in [0, 0.1) is 6.92 Å². The van der Waals surface area contributed by atoms with E-state index in [0.29, 0.717) is 32.5 Å². The summed E-state index contributed by atoms with van der Waals surface area (Å²) in [6, 6.07) is 16.5. The van der Waals surface area contributed by atoms with Gasteiger partial charge in [0.25, 0.3) is 5.91 Å². The molecule has 166 valence electrons. The Morgan fingerprint density at radius 2 is 1.88 bits per heavy atom. The SMILES string of the molecule is CON(C)C(=O)c1sc2nccc3c2c1NC(=O)N3c1ccc(Oc2ccccc2)cc1C. The van der Waals surface area contributed by atoms with Crippen LogP contribution in [-0.4, -0.2) is 36.1 Å². The summed E-state index contributed by atoms with van der Waals surface area (Å²) in [5.41, 5.74) is 2.68. The largest absolute Gasteiger partial charge is 0.457 e. The number of para-hydroxylation sites is 1. The van der Waals surface area contributed by atoms with Gasteiger partial charge < -0.3 is 10.1 Å². The number of urea groups is 1. The van der Waals surface area contributed by atoms with Gasteiger partial charge in [0.05, 0.1) is 29.6 Å². The lowest BCUT2D eigenvalue weighted by molar-refractivity contribution is -0.0753. The Labute approximate surface area is 193 Å². The number of nitrogens with one attached hydrogen (secondary N) is 1. The van der Waals surface area contributed by atoms with Gasteiger partial charge in [-0.1, -0.05) is 18.2 Å². The zero-order valence-corrected chi connectivity index (χ0v) is 19.0. The number of amides is 3. The first kappa shape index (κ1) is 20.9. The molecule has 3 heterocycles. The normalized spacial score (nSPS) is 12.6. The number of aryl methyl sites for hydroxylation is 1. The number of pyridine rings is 1. The van der Waals surface area contributed by atoms with Gasteiger partial charge in [-0.3, -0.25) is 14.5 Å². The van der Waals surface area contributed by atoms with Crippen LogP contribution in [0.25, 0.3) is 10.2 Å². The van der Waals surface area contributed by atoms with Crippen LogP contribution in [0.4, 0.5) is 21.9 Å². The molecule has 1 aliphatic heterocycles. The number of thiophene rings is 1. The number of aromatic nitrogens is 1. The summed E-state index contributed by atoms with van der Waals surface area (Å²) in [4.78, 5) is 38.1. The smallest absolute Gasteiger partial charge is 0.331 e. The number of rotatable bonds is 5. The van der Waals surface area contributed by atoms with Crippen molar-refractivity contribution >= 4 is 50.6 Å². The van der Waals surface area contributed by atoms with Crippen LogP contribution in [-0.2, 0) is 4.84 Å². The fourth-order valence-electron chi connectivity index (χ4n) is 3.77. The van der Waals surface area contributed by atoms with Crippen LogP contribution >= 0.6 is 11.3 Å². The van der Waals surface area contributed by atoms with E-state index in [0.717, 1.165) is 21.8 Å². The maximum absolute atomic E-state index is 13.2. The molecule has 1 N–H and O–H groups in total. The molecule has 3 amide bonds. The van der Waals surface area contributed by atoms with Gasteiger partial charge in [0, 0.05) is 13.2 Å². The van der Waals surface area contributed by atoms with Crippen LogP contribution in [0.2, 0.25) is 0 Å². The Hall–Kier alpha value is -3.95. The standard InChI is InChI=1S/C24H20N4O4S/c1-14-13-16(32-15-7-5-4-6-8-15)9-10-17(14)28-18-11-12-25-22-19(18)20(26-24(28)30)21(33-22)23(29)27(2)31-3/h4-13H,1-3H3,(H,26,30). The Morgan fingerprint density at radius 1 is 1.09 bits per heavy atom. The molecule has 0 atom stereocenters. The molecular formula is C24H20N4O4S. The second-order valence-electron chi connectivity index (χ2n) is 7.43. The number of anilines is 3. The molecule has 0 spiro atoms. The summed E-state index contributed by atoms with van der Waals surface area (Å²) in [5, 5.41) is 4.73. The average molecular weight is 461 g/mol. The van der Waals surface area contributed by atoms with E-state index in [-0.39, 0.29) is 11.9 Å². The summed E-state index contributed by atoms with van der Waals surface area (Å²) < 4.78 is 5.92. The van der Waals surface area contributed by atoms with Crippen molar-refractivity contribution in [1.82, 2.24) is 10.0 Å². The first-order chi connectivity index (χ1) is 16.0. The number of carbonyl (C=O) groups excluding carboxylic acids is 2. The minimum Gasteiger partial charge on any atom is -0.457 e. The van der Waals surface area contributed by atoms with E-state index in [1.165, 1.54) is 25.5 Å². The van der Waals surface area contributed by atoms with Crippen LogP contribution in [0.5, 0.6) is 11.5 Å². The molecule has 5 rings (SSSR count). The first-order valence-corrected chi connectivity index (χ1v) is 11.0. The van der Waals surface area contributed by atoms with Crippen LogP contribution in [0.15, 0.2) is 60.8 Å². The van der Waals surface area contributed by atoms with Crippen molar-refractivity contribution in [2.75, 3.05) is 24.4 Å². The summed E-state index contributed by atoms with van der Waals surface area (Å²) in [5.74, 6) is 1.05. The average Bonchev–Trinajstić information content (AvgIpc) is 3.19. The van der Waals surface area contributed by atoms with E-state index in [1.807, 2.05) is 55.5 Å². The Balaban J connectivity index is 1.57. The van der Waals surface area contributed by atoms with Gasteiger partial charge in [-0.15, -0.1) is 11.3 Å². The second kappa shape index (κ2) is 8.19. The van der Waals surface area contributed by atoms with Gasteiger partial charge in [0.1, 0.15) is 21.2 Å². The summed E-state index contributed by atoms with van der Waals surface area (Å²) in [7, 11) is 2.93. The van der Waals surface area contributed by atoms with E-state index in [2.05, 4.69) is 10.3 Å². The Morgan fingerprint density at radius 3 is 2.61 bits per heavy atom. The highest BCUT2D eigenvalue weighted by Gasteiger charge is 2.34. The number of nitrogens with zero attached hydrogens (tertiary/aromatic N) is 3. The number of benzene rings is 2. The molecule has 0 aliphatic carbocycles. The van der Waals surface area contributed by atoms with Crippen molar-refractivity contribution in [2.24, 2.45) is 0 Å². The topological polar surface area (TPSA) is 84.0 Å². The minimum absolute atomic E-state index is 0.353. The van der Waals surface area contributed by atoms with E-state index in [9.17, 15) is 9.59 Å². The molecule has 0 saturated heterocycles. The minimum atomic E-state index is -0.359. The third kappa shape index (κ3) is 3.57. The van der Waals surface area contributed by atoms with Gasteiger partial charge in [0.2, 0.25) is 0 Å². The van der Waals surface area contributed by atoms with Gasteiger partial charge in [-0.25, -0.2) is 14.8 Å². The Bertz CT molecular complexity index is 1390. The molecule has 2 aromatic carbocycles. The van der Waals surface area contributed by atoms with E-state index in [1.54, 1.807) is 17.2 Å². The maximum Gasteiger partial charge on any atom is 0.331 e. The predicted octanol–water partition coefficient (Wildman–Crippen LogP) is 5.71. The van der Waals surface area contributed by atoms with Crippen molar-refractivity contribution in [3.8, 4) is 11.5 Å². The highest BCUT2D eigenvalue weighted by atomic mass is 32.1. The third-order valence-electron chi connectivity index (χ3n) is 5.39. The molecular weight excluding hydrogens is 440 g/mol.